The molecule has 0 spiro atoms. The highest BCUT2D eigenvalue weighted by molar-refractivity contribution is 7.84. The standard InChI is InChI=1S/C12H25NO2S/c1-11(6-9-16(2)15)13-10-12(14)7-4-3-5-8-12/h11,13-14H,3-10H2,1-2H3. The lowest BCUT2D eigenvalue weighted by Crippen LogP contribution is -2.45. The van der Waals surface area contributed by atoms with Gasteiger partial charge < -0.3 is 10.4 Å². The Balaban J connectivity index is 2.19. The summed E-state index contributed by atoms with van der Waals surface area (Å²) in [4.78, 5) is 0. The Labute approximate surface area is 101 Å². The van der Waals surface area contributed by atoms with Crippen LogP contribution >= 0.6 is 0 Å². The average molecular weight is 247 g/mol. The van der Waals surface area contributed by atoms with E-state index in [-0.39, 0.29) is 0 Å². The number of nitrogens with one attached hydrogen (secondary N) is 1. The lowest BCUT2D eigenvalue weighted by Gasteiger charge is -2.33. The molecular weight excluding hydrogens is 222 g/mol. The molecule has 0 aromatic rings. The molecule has 2 unspecified atom stereocenters. The third kappa shape index (κ3) is 5.41. The molecule has 3 nitrogen and oxygen atoms in total. The maximum absolute atomic E-state index is 11.0. The fourth-order valence-electron chi connectivity index (χ4n) is 2.20. The van der Waals surface area contributed by atoms with Crippen LogP contribution in [0.15, 0.2) is 0 Å². The molecule has 16 heavy (non-hydrogen) atoms. The van der Waals surface area contributed by atoms with Gasteiger partial charge in [0.15, 0.2) is 0 Å². The zero-order valence-electron chi connectivity index (χ0n) is 10.5. The zero-order chi connectivity index (χ0) is 12.0. The molecule has 4 heteroatoms. The molecule has 1 fully saturated rings. The Morgan fingerprint density at radius 3 is 2.56 bits per heavy atom. The van der Waals surface area contributed by atoms with Crippen LogP contribution in [0.25, 0.3) is 0 Å². The van der Waals surface area contributed by atoms with Gasteiger partial charge in [0.1, 0.15) is 0 Å². The molecule has 1 aliphatic rings. The third-order valence-electron chi connectivity index (χ3n) is 3.40. The first-order valence-electron chi connectivity index (χ1n) is 6.28. The molecule has 2 N–H and O–H groups in total. The molecule has 0 aromatic heterocycles. The average Bonchev–Trinajstić information content (AvgIpc) is 2.25. The second-order valence-corrected chi connectivity index (χ2v) is 6.69. The first kappa shape index (κ1) is 14.1. The molecule has 2 atom stereocenters. The van der Waals surface area contributed by atoms with E-state index in [0.29, 0.717) is 12.6 Å². The van der Waals surface area contributed by atoms with Gasteiger partial charge in [-0.25, -0.2) is 0 Å². The van der Waals surface area contributed by atoms with Gasteiger partial charge in [0.25, 0.3) is 0 Å². The fourth-order valence-corrected chi connectivity index (χ4v) is 2.88. The summed E-state index contributed by atoms with van der Waals surface area (Å²) >= 11 is 0. The van der Waals surface area contributed by atoms with Crippen LogP contribution in [0.4, 0.5) is 0 Å². The van der Waals surface area contributed by atoms with Crippen molar-refractivity contribution in [2.45, 2.75) is 57.1 Å². The predicted molar refractivity (Wildman–Crippen MR) is 69.0 cm³/mol. The summed E-state index contributed by atoms with van der Waals surface area (Å²) < 4.78 is 11.0. The van der Waals surface area contributed by atoms with Crippen molar-refractivity contribution in [3.05, 3.63) is 0 Å². The van der Waals surface area contributed by atoms with Crippen molar-refractivity contribution in [1.29, 1.82) is 0 Å². The van der Waals surface area contributed by atoms with Crippen molar-refractivity contribution in [2.75, 3.05) is 18.6 Å². The molecule has 0 amide bonds. The van der Waals surface area contributed by atoms with Gasteiger partial charge >= 0.3 is 0 Å². The summed E-state index contributed by atoms with van der Waals surface area (Å²) in [5.41, 5.74) is -0.488. The van der Waals surface area contributed by atoms with Crippen molar-refractivity contribution >= 4 is 10.8 Å². The fraction of sp³-hybridized carbons (Fsp3) is 1.00. The zero-order valence-corrected chi connectivity index (χ0v) is 11.3. The molecule has 0 bridgehead atoms. The molecule has 1 rings (SSSR count). The largest absolute Gasteiger partial charge is 0.389 e. The summed E-state index contributed by atoms with van der Waals surface area (Å²) in [7, 11) is -0.707. The van der Waals surface area contributed by atoms with Crippen LogP contribution in [0.5, 0.6) is 0 Å². The number of hydrogen-bond donors (Lipinski definition) is 2. The van der Waals surface area contributed by atoms with Gasteiger partial charge in [-0.05, 0) is 26.2 Å². The second kappa shape index (κ2) is 6.72. The minimum Gasteiger partial charge on any atom is -0.389 e. The van der Waals surface area contributed by atoms with Gasteiger partial charge in [-0.1, -0.05) is 19.3 Å². The van der Waals surface area contributed by atoms with Gasteiger partial charge in [-0.15, -0.1) is 0 Å². The Bertz CT molecular complexity index is 227. The first-order valence-corrected chi connectivity index (χ1v) is 8.00. The van der Waals surface area contributed by atoms with Crippen molar-refractivity contribution in [3.8, 4) is 0 Å². The lowest BCUT2D eigenvalue weighted by atomic mass is 9.85. The number of hydrogen-bond acceptors (Lipinski definition) is 3. The molecular formula is C12H25NO2S. The van der Waals surface area contributed by atoms with Gasteiger partial charge in [-0.2, -0.15) is 0 Å². The van der Waals surface area contributed by atoms with E-state index in [9.17, 15) is 9.32 Å². The van der Waals surface area contributed by atoms with Crippen molar-refractivity contribution in [1.82, 2.24) is 5.32 Å². The van der Waals surface area contributed by atoms with E-state index in [2.05, 4.69) is 12.2 Å². The van der Waals surface area contributed by atoms with Gasteiger partial charge in [0, 0.05) is 35.4 Å². The van der Waals surface area contributed by atoms with E-state index < -0.39 is 16.4 Å². The van der Waals surface area contributed by atoms with Crippen molar-refractivity contribution in [2.24, 2.45) is 0 Å². The van der Waals surface area contributed by atoms with E-state index in [1.807, 2.05) is 0 Å². The van der Waals surface area contributed by atoms with E-state index >= 15 is 0 Å². The summed E-state index contributed by atoms with van der Waals surface area (Å²) in [5, 5.41) is 13.6. The highest BCUT2D eigenvalue weighted by Crippen LogP contribution is 2.27. The first-order chi connectivity index (χ1) is 7.52. The Morgan fingerprint density at radius 2 is 2.00 bits per heavy atom. The van der Waals surface area contributed by atoms with Crippen LogP contribution in [0.3, 0.4) is 0 Å². The van der Waals surface area contributed by atoms with Gasteiger partial charge in [-0.3, -0.25) is 4.21 Å². The lowest BCUT2D eigenvalue weighted by molar-refractivity contribution is 0.00300. The second-order valence-electron chi connectivity index (χ2n) is 5.13. The maximum atomic E-state index is 11.0. The van der Waals surface area contributed by atoms with E-state index in [1.165, 1.54) is 6.42 Å². The molecule has 0 heterocycles. The summed E-state index contributed by atoms with van der Waals surface area (Å²) in [6, 6.07) is 0.342. The van der Waals surface area contributed by atoms with Crippen LogP contribution in [0, 0.1) is 0 Å². The minimum absolute atomic E-state index is 0.342. The quantitative estimate of drug-likeness (QED) is 0.746. The van der Waals surface area contributed by atoms with Crippen LogP contribution < -0.4 is 5.32 Å². The molecule has 0 aliphatic heterocycles. The van der Waals surface area contributed by atoms with Crippen molar-refractivity contribution in [3.63, 3.8) is 0 Å². The van der Waals surface area contributed by atoms with Gasteiger partial charge in [0.2, 0.25) is 0 Å². The number of aliphatic hydroxyl groups is 1. The van der Waals surface area contributed by atoms with Gasteiger partial charge in [0.05, 0.1) is 5.60 Å². The van der Waals surface area contributed by atoms with Crippen LogP contribution in [0.2, 0.25) is 0 Å². The Morgan fingerprint density at radius 1 is 1.38 bits per heavy atom. The normalized spacial score (nSPS) is 23.9. The molecule has 0 radical (unpaired) electrons. The van der Waals surface area contributed by atoms with Crippen molar-refractivity contribution < 1.29 is 9.32 Å². The minimum atomic E-state index is -0.707. The topological polar surface area (TPSA) is 49.3 Å². The monoisotopic (exact) mass is 247 g/mol. The van der Waals surface area contributed by atoms with E-state index in [0.717, 1.165) is 37.9 Å². The maximum Gasteiger partial charge on any atom is 0.0771 e. The summed E-state index contributed by atoms with van der Waals surface area (Å²) in [6.07, 6.45) is 8.04. The Kier molecular flexibility index (Phi) is 5.94. The molecule has 96 valence electrons. The highest BCUT2D eigenvalue weighted by Gasteiger charge is 2.28. The van der Waals surface area contributed by atoms with Crippen LogP contribution in [0.1, 0.15) is 45.4 Å². The smallest absolute Gasteiger partial charge is 0.0771 e. The highest BCUT2D eigenvalue weighted by atomic mass is 32.2. The molecule has 0 saturated heterocycles. The third-order valence-corrected chi connectivity index (χ3v) is 4.21. The molecule has 1 saturated carbocycles. The summed E-state index contributed by atoms with van der Waals surface area (Å²) in [5.74, 6) is 0.743. The summed E-state index contributed by atoms with van der Waals surface area (Å²) in [6.45, 7) is 2.78. The van der Waals surface area contributed by atoms with Crippen LogP contribution in [-0.4, -0.2) is 39.5 Å². The SMILES string of the molecule is CC(CCS(C)=O)NCC1(O)CCCCC1. The predicted octanol–water partition coefficient (Wildman–Crippen LogP) is 1.43. The number of rotatable bonds is 6. The van der Waals surface area contributed by atoms with E-state index in [4.69, 9.17) is 0 Å². The van der Waals surface area contributed by atoms with E-state index in [1.54, 1.807) is 6.26 Å². The van der Waals surface area contributed by atoms with Crippen LogP contribution in [-0.2, 0) is 10.8 Å². The Hall–Kier alpha value is 0.0700. The molecule has 1 aliphatic carbocycles. The molecule has 0 aromatic carbocycles.